The molecule has 0 spiro atoms. The van der Waals surface area contributed by atoms with Crippen LogP contribution in [0.3, 0.4) is 0 Å². The molecule has 0 aliphatic rings. The second kappa shape index (κ2) is 6.30. The lowest BCUT2D eigenvalue weighted by Crippen LogP contribution is -2.26. The fourth-order valence-corrected chi connectivity index (χ4v) is 3.92. The summed E-state index contributed by atoms with van der Waals surface area (Å²) in [5, 5.41) is 3.92. The molecule has 3 N–H and O–H groups in total. The summed E-state index contributed by atoms with van der Waals surface area (Å²) in [6.07, 6.45) is 0.310. The number of benzene rings is 1. The lowest BCUT2D eigenvalue weighted by molar-refractivity contribution is 0.387. The Hall–Kier alpha value is -1.16. The summed E-state index contributed by atoms with van der Waals surface area (Å²) >= 11 is 8.98. The number of hydrogen-bond donors (Lipinski definition) is 2. The summed E-state index contributed by atoms with van der Waals surface area (Å²) < 4.78 is 32.0. The third-order valence-corrected chi connectivity index (χ3v) is 5.38. The van der Waals surface area contributed by atoms with Crippen LogP contribution in [0.25, 0.3) is 0 Å². The van der Waals surface area contributed by atoms with Gasteiger partial charge in [-0.3, -0.25) is 0 Å². The van der Waals surface area contributed by atoms with Gasteiger partial charge >= 0.3 is 0 Å². The average Bonchev–Trinajstić information content (AvgIpc) is 2.79. The van der Waals surface area contributed by atoms with Crippen molar-refractivity contribution in [1.29, 1.82) is 0 Å². The number of sulfonamides is 1. The predicted molar refractivity (Wildman–Crippen MR) is 81.5 cm³/mol. The molecule has 7 nitrogen and oxygen atoms in total. The molecule has 21 heavy (non-hydrogen) atoms. The first kappa shape index (κ1) is 16.2. The SMILES string of the molecule is Cc1nc(CCNS(=O)(=O)c2cc(Cl)cc(N)c2Br)no1. The molecule has 0 aliphatic carbocycles. The van der Waals surface area contributed by atoms with E-state index in [0.717, 1.165) is 0 Å². The van der Waals surface area contributed by atoms with Gasteiger partial charge in [0, 0.05) is 30.6 Å². The zero-order chi connectivity index (χ0) is 15.6. The summed E-state index contributed by atoms with van der Waals surface area (Å²) in [4.78, 5) is 3.97. The van der Waals surface area contributed by atoms with Gasteiger partial charge in [-0.25, -0.2) is 13.1 Å². The Morgan fingerprint density at radius 2 is 2.19 bits per heavy atom. The van der Waals surface area contributed by atoms with Gasteiger partial charge in [0.15, 0.2) is 5.82 Å². The Labute approximate surface area is 135 Å². The Morgan fingerprint density at radius 3 is 2.81 bits per heavy atom. The van der Waals surface area contributed by atoms with Gasteiger partial charge in [0.2, 0.25) is 15.9 Å². The van der Waals surface area contributed by atoms with Crippen molar-refractivity contribution in [2.45, 2.75) is 18.2 Å². The summed E-state index contributed by atoms with van der Waals surface area (Å²) in [6, 6.07) is 2.79. The van der Waals surface area contributed by atoms with Crippen LogP contribution in [0.15, 0.2) is 26.0 Å². The smallest absolute Gasteiger partial charge is 0.241 e. The van der Waals surface area contributed by atoms with E-state index in [2.05, 4.69) is 30.8 Å². The van der Waals surface area contributed by atoms with E-state index in [1.165, 1.54) is 12.1 Å². The maximum Gasteiger partial charge on any atom is 0.241 e. The zero-order valence-electron chi connectivity index (χ0n) is 10.9. The van der Waals surface area contributed by atoms with Gasteiger partial charge in [-0.05, 0) is 28.1 Å². The third-order valence-electron chi connectivity index (χ3n) is 2.53. The van der Waals surface area contributed by atoms with Gasteiger partial charge in [0.25, 0.3) is 0 Å². The Balaban J connectivity index is 2.12. The molecule has 0 saturated carbocycles. The van der Waals surface area contributed by atoms with Crippen molar-refractivity contribution in [3.05, 3.63) is 33.3 Å². The van der Waals surface area contributed by atoms with Crippen molar-refractivity contribution in [1.82, 2.24) is 14.9 Å². The number of nitrogens with one attached hydrogen (secondary N) is 1. The molecule has 0 saturated heterocycles. The lowest BCUT2D eigenvalue weighted by atomic mass is 10.3. The van der Waals surface area contributed by atoms with Crippen molar-refractivity contribution in [3.63, 3.8) is 0 Å². The number of nitrogens with two attached hydrogens (primary N) is 1. The van der Waals surface area contributed by atoms with Gasteiger partial charge in [0.1, 0.15) is 0 Å². The fourth-order valence-electron chi connectivity index (χ4n) is 1.60. The van der Waals surface area contributed by atoms with Crippen molar-refractivity contribution in [3.8, 4) is 0 Å². The van der Waals surface area contributed by atoms with Gasteiger partial charge in [-0.2, -0.15) is 4.98 Å². The van der Waals surface area contributed by atoms with Crippen LogP contribution < -0.4 is 10.5 Å². The molecule has 0 unspecified atom stereocenters. The number of hydrogen-bond acceptors (Lipinski definition) is 6. The fraction of sp³-hybridized carbons (Fsp3) is 0.273. The maximum absolute atomic E-state index is 12.2. The number of rotatable bonds is 5. The highest BCUT2D eigenvalue weighted by atomic mass is 79.9. The molecule has 0 fully saturated rings. The van der Waals surface area contributed by atoms with E-state index in [0.29, 0.717) is 18.1 Å². The van der Waals surface area contributed by atoms with Crippen LogP contribution in [-0.4, -0.2) is 25.1 Å². The molecule has 2 aromatic rings. The van der Waals surface area contributed by atoms with Crippen LogP contribution in [-0.2, 0) is 16.4 Å². The first-order valence-electron chi connectivity index (χ1n) is 5.83. The van der Waals surface area contributed by atoms with Crippen LogP contribution in [0.5, 0.6) is 0 Å². The molecule has 0 atom stereocenters. The molecule has 114 valence electrons. The van der Waals surface area contributed by atoms with Crippen molar-refractivity contribution < 1.29 is 12.9 Å². The molecular weight excluding hydrogens is 384 g/mol. The van der Waals surface area contributed by atoms with E-state index in [1.807, 2.05) is 0 Å². The number of anilines is 1. The molecule has 1 aromatic carbocycles. The number of nitrogens with zero attached hydrogens (tertiary/aromatic N) is 2. The summed E-state index contributed by atoms with van der Waals surface area (Å²) in [7, 11) is -3.75. The Morgan fingerprint density at radius 1 is 1.48 bits per heavy atom. The van der Waals surface area contributed by atoms with Gasteiger partial charge in [-0.15, -0.1) is 0 Å². The number of halogens is 2. The summed E-state index contributed by atoms with van der Waals surface area (Å²) in [6.45, 7) is 1.78. The molecule has 0 amide bonds. The van der Waals surface area contributed by atoms with E-state index < -0.39 is 10.0 Å². The number of aryl methyl sites for hydroxylation is 1. The van der Waals surface area contributed by atoms with Crippen LogP contribution in [0, 0.1) is 6.92 Å². The van der Waals surface area contributed by atoms with E-state index in [-0.39, 0.29) is 26.6 Å². The van der Waals surface area contributed by atoms with Crippen LogP contribution >= 0.6 is 27.5 Å². The zero-order valence-corrected chi connectivity index (χ0v) is 14.1. The van der Waals surface area contributed by atoms with E-state index >= 15 is 0 Å². The standard InChI is InChI=1S/C11H12BrClN4O3S/c1-6-16-10(17-20-6)2-3-15-21(18,19)9-5-7(13)4-8(14)11(9)12/h4-5,15H,2-3,14H2,1H3. The molecule has 1 aromatic heterocycles. The van der Waals surface area contributed by atoms with E-state index in [9.17, 15) is 8.42 Å². The van der Waals surface area contributed by atoms with Gasteiger partial charge in [-0.1, -0.05) is 16.8 Å². The van der Waals surface area contributed by atoms with Crippen LogP contribution in [0.4, 0.5) is 5.69 Å². The minimum atomic E-state index is -3.75. The first-order valence-corrected chi connectivity index (χ1v) is 8.48. The molecule has 10 heteroatoms. The molecular formula is C11H12BrClN4O3S. The second-order valence-electron chi connectivity index (χ2n) is 4.18. The van der Waals surface area contributed by atoms with Crippen molar-refractivity contribution in [2.75, 3.05) is 12.3 Å². The normalized spacial score (nSPS) is 11.8. The summed E-state index contributed by atoms with van der Waals surface area (Å²) in [5.74, 6) is 0.859. The molecule has 0 bridgehead atoms. The quantitative estimate of drug-likeness (QED) is 0.748. The minimum Gasteiger partial charge on any atom is -0.398 e. The highest BCUT2D eigenvalue weighted by molar-refractivity contribution is 9.10. The lowest BCUT2D eigenvalue weighted by Gasteiger charge is -2.10. The third kappa shape index (κ3) is 3.94. The highest BCUT2D eigenvalue weighted by Crippen LogP contribution is 2.31. The van der Waals surface area contributed by atoms with E-state index in [4.69, 9.17) is 21.9 Å². The number of aromatic nitrogens is 2. The van der Waals surface area contributed by atoms with E-state index in [1.54, 1.807) is 6.92 Å². The molecule has 0 radical (unpaired) electrons. The topological polar surface area (TPSA) is 111 Å². The monoisotopic (exact) mass is 394 g/mol. The molecule has 1 heterocycles. The van der Waals surface area contributed by atoms with Crippen molar-refractivity contribution in [2.24, 2.45) is 0 Å². The largest absolute Gasteiger partial charge is 0.398 e. The van der Waals surface area contributed by atoms with Crippen LogP contribution in [0.2, 0.25) is 5.02 Å². The Kier molecular flexibility index (Phi) is 4.87. The first-order chi connectivity index (χ1) is 9.79. The maximum atomic E-state index is 12.2. The van der Waals surface area contributed by atoms with Gasteiger partial charge < -0.3 is 10.3 Å². The van der Waals surface area contributed by atoms with Gasteiger partial charge in [0.05, 0.1) is 9.37 Å². The molecule has 2 rings (SSSR count). The van der Waals surface area contributed by atoms with Crippen LogP contribution in [0.1, 0.15) is 11.7 Å². The average molecular weight is 396 g/mol. The van der Waals surface area contributed by atoms with Crippen molar-refractivity contribution >= 4 is 43.2 Å². The molecule has 0 aliphatic heterocycles. The minimum absolute atomic E-state index is 0.0169. The Bertz CT molecular complexity index is 763. The predicted octanol–water partition coefficient (Wildman–Crippen LogP) is 1.90. The second-order valence-corrected chi connectivity index (χ2v) is 7.15. The highest BCUT2D eigenvalue weighted by Gasteiger charge is 2.20. The summed E-state index contributed by atoms with van der Waals surface area (Å²) in [5.41, 5.74) is 5.93. The number of nitrogen functional groups attached to an aromatic ring is 1.